The molecule has 0 unspecified atom stereocenters. The van der Waals surface area contributed by atoms with Crippen molar-refractivity contribution in [3.63, 3.8) is 0 Å². The number of carbonyl (C=O) groups is 1. The minimum absolute atomic E-state index is 0.235. The first-order valence-electron chi connectivity index (χ1n) is 7.35. The summed E-state index contributed by atoms with van der Waals surface area (Å²) in [4.78, 5) is 13.7. The molecule has 0 spiro atoms. The number of hydrogen-bond acceptors (Lipinski definition) is 3. The molecule has 1 aromatic carbocycles. The van der Waals surface area contributed by atoms with Crippen LogP contribution in [0.5, 0.6) is 0 Å². The van der Waals surface area contributed by atoms with E-state index in [1.807, 2.05) is 12.1 Å². The van der Waals surface area contributed by atoms with E-state index in [0.717, 1.165) is 31.2 Å². The Labute approximate surface area is 148 Å². The summed E-state index contributed by atoms with van der Waals surface area (Å²) in [5, 5.41) is 0. The van der Waals surface area contributed by atoms with Gasteiger partial charge in [0.2, 0.25) is 0 Å². The maximum Gasteiger partial charge on any atom is 0.339 e. The molecule has 3 rings (SSSR count). The van der Waals surface area contributed by atoms with Gasteiger partial charge in [0, 0.05) is 4.88 Å². The highest BCUT2D eigenvalue weighted by atomic mass is 127. The highest BCUT2D eigenvalue weighted by Gasteiger charge is 2.40. The Morgan fingerprint density at radius 2 is 1.86 bits per heavy atom. The lowest BCUT2D eigenvalue weighted by Gasteiger charge is -2.28. The molecule has 1 fully saturated rings. The molecule has 1 saturated carbocycles. The van der Waals surface area contributed by atoms with Crippen molar-refractivity contribution in [1.82, 2.24) is 0 Å². The summed E-state index contributed by atoms with van der Waals surface area (Å²) in [6, 6.07) is 11.6. The molecule has 2 nitrogen and oxygen atoms in total. The summed E-state index contributed by atoms with van der Waals surface area (Å²) in [5.74, 6) is -0.235. The average Bonchev–Trinajstić information content (AvgIpc) is 3.17. The number of halogens is 1. The number of thiophene rings is 1. The minimum atomic E-state index is -0.428. The van der Waals surface area contributed by atoms with Gasteiger partial charge < -0.3 is 4.74 Å². The molecule has 1 aliphatic carbocycles. The zero-order chi connectivity index (χ0) is 15.6. The quantitative estimate of drug-likeness (QED) is 0.470. The van der Waals surface area contributed by atoms with E-state index in [-0.39, 0.29) is 5.97 Å². The molecule has 0 N–H and O–H groups in total. The fourth-order valence-corrected chi connectivity index (χ4v) is 4.70. The lowest BCUT2D eigenvalue weighted by molar-refractivity contribution is -0.0165. The molecular formula is C18H17IO2S. The molecule has 0 saturated heterocycles. The second-order valence-corrected chi connectivity index (χ2v) is 8.50. The van der Waals surface area contributed by atoms with E-state index in [1.54, 1.807) is 29.5 Å². The van der Waals surface area contributed by atoms with Gasteiger partial charge in [0.05, 0.1) is 8.45 Å². The smallest absolute Gasteiger partial charge is 0.339 e. The van der Waals surface area contributed by atoms with Crippen LogP contribution in [-0.2, 0) is 10.3 Å². The Balaban J connectivity index is 1.84. The first-order chi connectivity index (χ1) is 10.6. The number of benzene rings is 1. The third kappa shape index (κ3) is 3.13. The predicted octanol–water partition coefficient (Wildman–Crippen LogP) is 5.62. The number of carbonyl (C=O) groups excluding carboxylic acids is 1. The summed E-state index contributed by atoms with van der Waals surface area (Å²) < 4.78 is 7.23. The van der Waals surface area contributed by atoms with Crippen molar-refractivity contribution in [3.8, 4) is 0 Å². The van der Waals surface area contributed by atoms with Crippen LogP contribution in [0.1, 0.15) is 46.5 Å². The van der Waals surface area contributed by atoms with Gasteiger partial charge in [-0.1, -0.05) is 24.8 Å². The Hall–Kier alpha value is -1.14. The van der Waals surface area contributed by atoms with Gasteiger partial charge in [-0.05, 0) is 78.1 Å². The Morgan fingerprint density at radius 3 is 2.41 bits per heavy atom. The second kappa shape index (κ2) is 6.54. The lowest BCUT2D eigenvalue weighted by atomic mass is 9.99. The summed E-state index contributed by atoms with van der Waals surface area (Å²) in [6.07, 6.45) is 5.82. The van der Waals surface area contributed by atoms with Crippen LogP contribution in [0.2, 0.25) is 0 Å². The largest absolute Gasteiger partial charge is 0.450 e. The molecule has 22 heavy (non-hydrogen) atoms. The van der Waals surface area contributed by atoms with Gasteiger partial charge in [-0.3, -0.25) is 0 Å². The lowest BCUT2D eigenvalue weighted by Crippen LogP contribution is -2.28. The number of rotatable bonds is 4. The topological polar surface area (TPSA) is 26.3 Å². The molecule has 1 aromatic heterocycles. The fourth-order valence-electron chi connectivity index (χ4n) is 2.90. The van der Waals surface area contributed by atoms with Gasteiger partial charge in [0.15, 0.2) is 0 Å². The first kappa shape index (κ1) is 15.7. The van der Waals surface area contributed by atoms with Gasteiger partial charge in [0.25, 0.3) is 0 Å². The van der Waals surface area contributed by atoms with E-state index >= 15 is 0 Å². The standard InChI is InChI=1S/C18H17IO2S/c1-2-13-5-7-14(8-6-13)17(20)21-18(11-3-4-12-18)15-9-10-16(19)22-15/h2,5-10H,1,3-4,11-12H2. The SMILES string of the molecule is C=Cc1ccc(C(=O)OC2(c3ccc(I)s3)CCCC2)cc1. The molecule has 2 aromatic rings. The van der Waals surface area contributed by atoms with Crippen molar-refractivity contribution < 1.29 is 9.53 Å². The van der Waals surface area contributed by atoms with Crippen LogP contribution in [0.15, 0.2) is 43.0 Å². The van der Waals surface area contributed by atoms with Crippen LogP contribution >= 0.6 is 33.9 Å². The van der Waals surface area contributed by atoms with Gasteiger partial charge in [0.1, 0.15) is 5.60 Å². The molecule has 0 radical (unpaired) electrons. The van der Waals surface area contributed by atoms with Gasteiger partial charge in [-0.15, -0.1) is 11.3 Å². The van der Waals surface area contributed by atoms with Crippen LogP contribution in [0.4, 0.5) is 0 Å². The van der Waals surface area contributed by atoms with Crippen LogP contribution in [-0.4, -0.2) is 5.97 Å². The van der Waals surface area contributed by atoms with Crippen LogP contribution < -0.4 is 0 Å². The van der Waals surface area contributed by atoms with Crippen molar-refractivity contribution in [2.45, 2.75) is 31.3 Å². The molecule has 1 aliphatic rings. The molecule has 1 heterocycles. The average molecular weight is 424 g/mol. The van der Waals surface area contributed by atoms with Crippen molar-refractivity contribution in [1.29, 1.82) is 0 Å². The maximum absolute atomic E-state index is 12.5. The summed E-state index contributed by atoms with van der Waals surface area (Å²) in [6.45, 7) is 3.73. The van der Waals surface area contributed by atoms with E-state index in [0.29, 0.717) is 5.56 Å². The van der Waals surface area contributed by atoms with Gasteiger partial charge in [-0.2, -0.15) is 0 Å². The van der Waals surface area contributed by atoms with Crippen molar-refractivity contribution >= 4 is 46.0 Å². The van der Waals surface area contributed by atoms with Crippen molar-refractivity contribution in [3.05, 3.63) is 61.9 Å². The molecule has 0 atom stereocenters. The number of esters is 1. The zero-order valence-corrected chi connectivity index (χ0v) is 15.2. The molecule has 0 amide bonds. The van der Waals surface area contributed by atoms with E-state index in [9.17, 15) is 4.79 Å². The van der Waals surface area contributed by atoms with Crippen LogP contribution in [0, 0.1) is 2.88 Å². The van der Waals surface area contributed by atoms with E-state index < -0.39 is 5.60 Å². The van der Waals surface area contributed by atoms with Crippen LogP contribution in [0.25, 0.3) is 6.08 Å². The number of hydrogen-bond donors (Lipinski definition) is 0. The first-order valence-corrected chi connectivity index (χ1v) is 9.24. The van der Waals surface area contributed by atoms with E-state index in [1.165, 1.54) is 7.76 Å². The van der Waals surface area contributed by atoms with Gasteiger partial charge in [-0.25, -0.2) is 4.79 Å². The monoisotopic (exact) mass is 424 g/mol. The molecular weight excluding hydrogens is 407 g/mol. The highest BCUT2D eigenvalue weighted by molar-refractivity contribution is 14.1. The fraction of sp³-hybridized carbons (Fsp3) is 0.278. The van der Waals surface area contributed by atoms with Gasteiger partial charge >= 0.3 is 5.97 Å². The Kier molecular flexibility index (Phi) is 4.68. The Bertz CT molecular complexity index is 681. The van der Waals surface area contributed by atoms with Crippen LogP contribution in [0.3, 0.4) is 0 Å². The maximum atomic E-state index is 12.5. The third-order valence-electron chi connectivity index (χ3n) is 4.10. The second-order valence-electron chi connectivity index (χ2n) is 5.52. The molecule has 0 bridgehead atoms. The summed E-state index contributed by atoms with van der Waals surface area (Å²) in [5.41, 5.74) is 1.17. The van der Waals surface area contributed by atoms with Crippen molar-refractivity contribution in [2.24, 2.45) is 0 Å². The molecule has 4 heteroatoms. The molecule has 114 valence electrons. The summed E-state index contributed by atoms with van der Waals surface area (Å²) >= 11 is 4.04. The zero-order valence-electron chi connectivity index (χ0n) is 12.2. The van der Waals surface area contributed by atoms with E-state index in [4.69, 9.17) is 4.74 Å². The minimum Gasteiger partial charge on any atom is -0.450 e. The third-order valence-corrected chi connectivity index (χ3v) is 6.18. The summed E-state index contributed by atoms with van der Waals surface area (Å²) in [7, 11) is 0. The van der Waals surface area contributed by atoms with E-state index in [2.05, 4.69) is 41.3 Å². The number of ether oxygens (including phenoxy) is 1. The highest BCUT2D eigenvalue weighted by Crippen LogP contribution is 2.45. The predicted molar refractivity (Wildman–Crippen MR) is 99.1 cm³/mol. The normalized spacial score (nSPS) is 16.4. The van der Waals surface area contributed by atoms with Crippen molar-refractivity contribution in [2.75, 3.05) is 0 Å². The Morgan fingerprint density at radius 1 is 1.18 bits per heavy atom. The molecule has 0 aliphatic heterocycles.